The highest BCUT2D eigenvalue weighted by Crippen LogP contribution is 2.20. The van der Waals surface area contributed by atoms with Crippen molar-refractivity contribution in [2.75, 3.05) is 5.32 Å². The van der Waals surface area contributed by atoms with Crippen LogP contribution in [-0.2, 0) is 4.79 Å². The Balaban J connectivity index is 2.72. The molecule has 0 fully saturated rings. The lowest BCUT2D eigenvalue weighted by Gasteiger charge is -2.16. The Bertz CT molecular complexity index is 392. The molecule has 18 heavy (non-hydrogen) atoms. The number of carbonyl (C=O) groups is 1. The minimum absolute atomic E-state index is 0.154. The van der Waals surface area contributed by atoms with Crippen LogP contribution in [0.15, 0.2) is 24.3 Å². The minimum atomic E-state index is -0.842. The molecule has 4 nitrogen and oxygen atoms in total. The van der Waals surface area contributed by atoms with Crippen LogP contribution < -0.4 is 10.1 Å². The van der Waals surface area contributed by atoms with E-state index in [1.165, 1.54) is 0 Å². The summed E-state index contributed by atoms with van der Waals surface area (Å²) < 4.78 is 5.69. The third-order valence-electron chi connectivity index (χ3n) is 2.79. The largest absolute Gasteiger partial charge is 0.491 e. The molecule has 2 unspecified atom stereocenters. The van der Waals surface area contributed by atoms with E-state index < -0.39 is 12.0 Å². The summed E-state index contributed by atoms with van der Waals surface area (Å²) >= 11 is 0. The van der Waals surface area contributed by atoms with Crippen molar-refractivity contribution in [1.29, 1.82) is 0 Å². The summed E-state index contributed by atoms with van der Waals surface area (Å²) in [6.45, 7) is 5.90. The highest BCUT2D eigenvalue weighted by Gasteiger charge is 2.14. The Hall–Kier alpha value is -1.71. The number of nitrogens with one attached hydrogen (secondary N) is 1. The maximum atomic E-state index is 11.0. The molecule has 100 valence electrons. The third-order valence-corrected chi connectivity index (χ3v) is 2.79. The summed E-state index contributed by atoms with van der Waals surface area (Å²) in [7, 11) is 0. The third kappa shape index (κ3) is 4.28. The Morgan fingerprint density at radius 3 is 2.67 bits per heavy atom. The van der Waals surface area contributed by atoms with Crippen molar-refractivity contribution >= 4 is 11.7 Å². The Labute approximate surface area is 108 Å². The lowest BCUT2D eigenvalue weighted by atomic mass is 10.2. The average molecular weight is 251 g/mol. The molecular weight excluding hydrogens is 230 g/mol. The molecule has 1 rings (SSSR count). The van der Waals surface area contributed by atoms with Crippen molar-refractivity contribution in [2.45, 2.75) is 45.8 Å². The zero-order valence-electron chi connectivity index (χ0n) is 11.1. The van der Waals surface area contributed by atoms with Crippen molar-refractivity contribution in [3.05, 3.63) is 24.3 Å². The molecule has 0 radical (unpaired) electrons. The van der Waals surface area contributed by atoms with Gasteiger partial charge in [-0.2, -0.15) is 0 Å². The first-order valence-corrected chi connectivity index (χ1v) is 6.32. The molecule has 1 aromatic carbocycles. The summed E-state index contributed by atoms with van der Waals surface area (Å²) in [5.41, 5.74) is 0.769. The van der Waals surface area contributed by atoms with Crippen LogP contribution in [0, 0.1) is 0 Å². The van der Waals surface area contributed by atoms with Crippen molar-refractivity contribution in [3.8, 4) is 5.75 Å². The zero-order valence-corrected chi connectivity index (χ0v) is 11.1. The topological polar surface area (TPSA) is 58.6 Å². The first-order chi connectivity index (χ1) is 8.56. The van der Waals surface area contributed by atoms with Crippen LogP contribution in [0.1, 0.15) is 33.6 Å². The molecule has 0 saturated carbocycles. The molecule has 0 spiro atoms. The normalized spacial score (nSPS) is 13.7. The van der Waals surface area contributed by atoms with Gasteiger partial charge in [-0.25, -0.2) is 4.79 Å². The van der Waals surface area contributed by atoms with Gasteiger partial charge >= 0.3 is 5.97 Å². The molecule has 0 amide bonds. The van der Waals surface area contributed by atoms with Gasteiger partial charge in [0.15, 0.2) is 0 Å². The molecule has 4 heteroatoms. The monoisotopic (exact) mass is 251 g/mol. The van der Waals surface area contributed by atoms with Gasteiger partial charge in [-0.3, -0.25) is 0 Å². The summed E-state index contributed by atoms with van der Waals surface area (Å²) in [5, 5.41) is 12.0. The van der Waals surface area contributed by atoms with Crippen LogP contribution in [-0.4, -0.2) is 23.2 Å². The fourth-order valence-electron chi connectivity index (χ4n) is 1.51. The van der Waals surface area contributed by atoms with Gasteiger partial charge in [0.05, 0.1) is 6.10 Å². The first kappa shape index (κ1) is 14.4. The van der Waals surface area contributed by atoms with E-state index in [9.17, 15) is 4.79 Å². The Kier molecular flexibility index (Phi) is 5.49. The van der Waals surface area contributed by atoms with Gasteiger partial charge in [-0.1, -0.05) is 19.9 Å². The van der Waals surface area contributed by atoms with E-state index in [0.717, 1.165) is 17.9 Å². The second-order valence-corrected chi connectivity index (χ2v) is 4.31. The molecule has 0 aliphatic carbocycles. The summed E-state index contributed by atoms with van der Waals surface area (Å²) in [4.78, 5) is 11.0. The number of carboxylic acids is 1. The lowest BCUT2D eigenvalue weighted by Crippen LogP contribution is -2.28. The zero-order chi connectivity index (χ0) is 13.5. The number of hydrogen-bond acceptors (Lipinski definition) is 3. The molecule has 0 saturated heterocycles. The van der Waals surface area contributed by atoms with Crippen LogP contribution in [0.4, 0.5) is 5.69 Å². The second-order valence-electron chi connectivity index (χ2n) is 4.31. The van der Waals surface area contributed by atoms with E-state index in [0.29, 0.717) is 6.42 Å². The second kappa shape index (κ2) is 6.89. The van der Waals surface area contributed by atoms with Crippen molar-refractivity contribution < 1.29 is 14.6 Å². The van der Waals surface area contributed by atoms with Crippen LogP contribution >= 0.6 is 0 Å². The van der Waals surface area contributed by atoms with Crippen LogP contribution in [0.5, 0.6) is 5.75 Å². The van der Waals surface area contributed by atoms with E-state index in [1.807, 2.05) is 38.1 Å². The molecular formula is C14H21NO3. The molecule has 0 heterocycles. The van der Waals surface area contributed by atoms with Crippen molar-refractivity contribution in [3.63, 3.8) is 0 Å². The van der Waals surface area contributed by atoms with E-state index in [2.05, 4.69) is 12.2 Å². The van der Waals surface area contributed by atoms with Crippen molar-refractivity contribution in [1.82, 2.24) is 0 Å². The summed E-state index contributed by atoms with van der Waals surface area (Å²) in [5.74, 6) is -0.0830. The fourth-order valence-corrected chi connectivity index (χ4v) is 1.51. The van der Waals surface area contributed by atoms with E-state index >= 15 is 0 Å². The van der Waals surface area contributed by atoms with Crippen LogP contribution in [0.2, 0.25) is 0 Å². The van der Waals surface area contributed by atoms with Gasteiger partial charge in [0.2, 0.25) is 0 Å². The van der Waals surface area contributed by atoms with Gasteiger partial charge in [0, 0.05) is 11.8 Å². The van der Waals surface area contributed by atoms with Crippen molar-refractivity contribution in [2.24, 2.45) is 0 Å². The molecule has 0 bridgehead atoms. The SMILES string of the molecule is CCC(C)Oc1cccc(NC(CC)C(=O)O)c1. The summed E-state index contributed by atoms with van der Waals surface area (Å²) in [6.07, 6.45) is 1.62. The predicted molar refractivity (Wildman–Crippen MR) is 72.2 cm³/mol. The molecule has 2 N–H and O–H groups in total. The maximum absolute atomic E-state index is 11.0. The van der Waals surface area contributed by atoms with Gasteiger partial charge in [0.1, 0.15) is 11.8 Å². The highest BCUT2D eigenvalue weighted by molar-refractivity contribution is 5.77. The lowest BCUT2D eigenvalue weighted by molar-refractivity contribution is -0.137. The number of hydrogen-bond donors (Lipinski definition) is 2. The van der Waals surface area contributed by atoms with Gasteiger partial charge in [0.25, 0.3) is 0 Å². The summed E-state index contributed by atoms with van der Waals surface area (Å²) in [6, 6.07) is 6.84. The Morgan fingerprint density at radius 1 is 1.39 bits per heavy atom. The quantitative estimate of drug-likeness (QED) is 0.781. The fraction of sp³-hybridized carbons (Fsp3) is 0.500. The van der Waals surface area contributed by atoms with Gasteiger partial charge in [-0.05, 0) is 31.9 Å². The molecule has 0 aliphatic heterocycles. The molecule has 1 aromatic rings. The highest BCUT2D eigenvalue weighted by atomic mass is 16.5. The number of carboxylic acid groups (broad SMARTS) is 1. The molecule has 0 aliphatic rings. The van der Waals surface area contributed by atoms with Crippen LogP contribution in [0.3, 0.4) is 0 Å². The van der Waals surface area contributed by atoms with E-state index in [-0.39, 0.29) is 6.10 Å². The smallest absolute Gasteiger partial charge is 0.326 e. The standard InChI is InChI=1S/C14H21NO3/c1-4-10(3)18-12-8-6-7-11(9-12)15-13(5-2)14(16)17/h6-10,13,15H,4-5H2,1-3H3,(H,16,17). The number of rotatable bonds is 7. The van der Waals surface area contributed by atoms with Gasteiger partial charge in [-0.15, -0.1) is 0 Å². The van der Waals surface area contributed by atoms with Gasteiger partial charge < -0.3 is 15.2 Å². The average Bonchev–Trinajstić information content (AvgIpc) is 2.35. The maximum Gasteiger partial charge on any atom is 0.326 e. The first-order valence-electron chi connectivity index (χ1n) is 6.32. The minimum Gasteiger partial charge on any atom is -0.491 e. The van der Waals surface area contributed by atoms with Crippen LogP contribution in [0.25, 0.3) is 0 Å². The molecule has 2 atom stereocenters. The van der Waals surface area contributed by atoms with E-state index in [1.54, 1.807) is 0 Å². The Morgan fingerprint density at radius 2 is 2.11 bits per heavy atom. The molecule has 0 aromatic heterocycles. The predicted octanol–water partition coefficient (Wildman–Crippen LogP) is 3.14. The number of anilines is 1. The number of aliphatic carboxylic acids is 1. The number of benzene rings is 1. The van der Waals surface area contributed by atoms with E-state index in [4.69, 9.17) is 9.84 Å². The number of ether oxygens (including phenoxy) is 1.